The average molecular weight is 426 g/mol. The van der Waals surface area contributed by atoms with E-state index in [4.69, 9.17) is 9.47 Å². The maximum Gasteiger partial charge on any atom is 0.471 e. The first-order valence-electron chi connectivity index (χ1n) is 10.6. The summed E-state index contributed by atoms with van der Waals surface area (Å²) in [5, 5.41) is 0. The number of nitrogens with zero attached hydrogens (tertiary/aromatic N) is 2. The van der Waals surface area contributed by atoms with Crippen molar-refractivity contribution in [3.05, 3.63) is 29.8 Å². The predicted molar refractivity (Wildman–Crippen MR) is 105 cm³/mol. The molecule has 1 aromatic rings. The van der Waals surface area contributed by atoms with Gasteiger partial charge in [-0.1, -0.05) is 19.1 Å². The largest absolute Gasteiger partial charge is 0.497 e. The number of benzene rings is 1. The maximum atomic E-state index is 13.2. The molecule has 3 atom stereocenters. The smallest absolute Gasteiger partial charge is 0.471 e. The van der Waals surface area contributed by atoms with Gasteiger partial charge in [0.25, 0.3) is 0 Å². The third kappa shape index (κ3) is 4.44. The van der Waals surface area contributed by atoms with Crippen molar-refractivity contribution in [2.45, 2.75) is 63.0 Å². The van der Waals surface area contributed by atoms with Crippen molar-refractivity contribution in [2.24, 2.45) is 5.92 Å². The number of ether oxygens (including phenoxy) is 2. The van der Waals surface area contributed by atoms with Crippen LogP contribution in [0.3, 0.4) is 0 Å². The van der Waals surface area contributed by atoms with Gasteiger partial charge in [0.2, 0.25) is 0 Å². The minimum absolute atomic E-state index is 0.124. The second-order valence-corrected chi connectivity index (χ2v) is 8.97. The highest BCUT2D eigenvalue weighted by molar-refractivity contribution is 5.83. The highest BCUT2D eigenvalue weighted by Crippen LogP contribution is 2.44. The molecule has 0 aromatic heterocycles. The first kappa shape index (κ1) is 21.4. The van der Waals surface area contributed by atoms with E-state index in [0.29, 0.717) is 12.8 Å². The monoisotopic (exact) mass is 426 g/mol. The van der Waals surface area contributed by atoms with E-state index in [2.05, 4.69) is 4.90 Å². The predicted octanol–water partition coefficient (Wildman–Crippen LogP) is 3.62. The molecular weight excluding hydrogens is 397 g/mol. The van der Waals surface area contributed by atoms with Crippen LogP contribution in [0.1, 0.15) is 38.2 Å². The van der Waals surface area contributed by atoms with E-state index in [0.717, 1.165) is 43.1 Å². The van der Waals surface area contributed by atoms with E-state index in [-0.39, 0.29) is 18.6 Å². The van der Waals surface area contributed by atoms with Crippen molar-refractivity contribution >= 4 is 5.91 Å². The highest BCUT2D eigenvalue weighted by Gasteiger charge is 2.55. The number of piperidine rings is 1. The van der Waals surface area contributed by atoms with Gasteiger partial charge in [0.15, 0.2) is 0 Å². The number of likely N-dealkylation sites (tertiary alicyclic amines) is 1. The third-order valence-corrected chi connectivity index (χ3v) is 6.82. The molecule has 1 aliphatic carbocycles. The van der Waals surface area contributed by atoms with Crippen LogP contribution in [0, 0.1) is 5.92 Å². The molecule has 1 aromatic carbocycles. The lowest BCUT2D eigenvalue weighted by molar-refractivity contribution is -0.188. The number of hydrogen-bond donors (Lipinski definition) is 0. The van der Waals surface area contributed by atoms with Crippen molar-refractivity contribution in [2.75, 3.05) is 26.8 Å². The minimum Gasteiger partial charge on any atom is -0.497 e. The Morgan fingerprint density at radius 2 is 1.90 bits per heavy atom. The van der Waals surface area contributed by atoms with E-state index < -0.39 is 23.7 Å². The number of halogens is 3. The summed E-state index contributed by atoms with van der Waals surface area (Å²) in [6.45, 7) is 4.56. The van der Waals surface area contributed by atoms with Gasteiger partial charge in [-0.25, -0.2) is 0 Å². The van der Waals surface area contributed by atoms with Crippen LogP contribution in [0.25, 0.3) is 0 Å². The molecule has 2 heterocycles. The number of carbonyl (C=O) groups is 1. The molecule has 2 saturated heterocycles. The van der Waals surface area contributed by atoms with Crippen LogP contribution in [-0.2, 0) is 16.1 Å². The van der Waals surface area contributed by atoms with Gasteiger partial charge in [-0.05, 0) is 49.3 Å². The van der Waals surface area contributed by atoms with Gasteiger partial charge in [0, 0.05) is 25.7 Å². The van der Waals surface area contributed by atoms with Crippen molar-refractivity contribution in [3.63, 3.8) is 0 Å². The Kier molecular flexibility index (Phi) is 5.74. The summed E-state index contributed by atoms with van der Waals surface area (Å²) in [5.41, 5.74) is 0.783. The van der Waals surface area contributed by atoms with Gasteiger partial charge in [0.05, 0.1) is 25.4 Å². The van der Waals surface area contributed by atoms with Gasteiger partial charge in [-0.15, -0.1) is 0 Å². The summed E-state index contributed by atoms with van der Waals surface area (Å²) in [4.78, 5) is 15.5. The van der Waals surface area contributed by atoms with Crippen LogP contribution < -0.4 is 4.74 Å². The summed E-state index contributed by atoms with van der Waals surface area (Å²) in [5.74, 6) is -0.761. The molecule has 0 N–H and O–H groups in total. The molecule has 0 bridgehead atoms. The van der Waals surface area contributed by atoms with E-state index in [1.54, 1.807) is 7.11 Å². The highest BCUT2D eigenvalue weighted by atomic mass is 19.4. The molecule has 5 nitrogen and oxygen atoms in total. The SMILES string of the molecule is COc1ccc(CN2CCC3(CC2)CC(N(C(=O)C(F)(F)F)[C@@H]2C[C@H]2C)CO3)cc1. The standard InChI is InChI=1S/C22H29F3N2O3/c1-15-11-19(15)27(20(28)22(23,24)25)17-12-21(30-14-17)7-9-26(10-8-21)13-16-3-5-18(29-2)6-4-16/h3-6,15,17,19H,7-14H2,1-2H3/t15-,17?,19-/m1/s1. The van der Waals surface area contributed by atoms with Crippen molar-refractivity contribution < 1.29 is 27.4 Å². The first-order valence-corrected chi connectivity index (χ1v) is 10.6. The fourth-order valence-electron chi connectivity index (χ4n) is 4.88. The molecule has 166 valence electrons. The van der Waals surface area contributed by atoms with Gasteiger partial charge in [-0.3, -0.25) is 9.69 Å². The first-order chi connectivity index (χ1) is 14.2. The number of hydrogen-bond acceptors (Lipinski definition) is 4. The zero-order chi connectivity index (χ0) is 21.5. The van der Waals surface area contributed by atoms with Crippen LogP contribution in [0.4, 0.5) is 13.2 Å². The van der Waals surface area contributed by atoms with Crippen molar-refractivity contribution in [1.82, 2.24) is 9.80 Å². The topological polar surface area (TPSA) is 42.0 Å². The summed E-state index contributed by atoms with van der Waals surface area (Å²) < 4.78 is 50.7. The Bertz CT molecular complexity index is 760. The molecular formula is C22H29F3N2O3. The lowest BCUT2D eigenvalue weighted by Gasteiger charge is -2.39. The van der Waals surface area contributed by atoms with Gasteiger partial charge in [0.1, 0.15) is 5.75 Å². The van der Waals surface area contributed by atoms with Crippen LogP contribution >= 0.6 is 0 Å². The number of carbonyl (C=O) groups excluding carboxylic acids is 1. The second kappa shape index (κ2) is 8.04. The lowest BCUT2D eigenvalue weighted by Crippen LogP contribution is -2.50. The molecule has 1 unspecified atom stereocenters. The normalized spacial score (nSPS) is 28.5. The zero-order valence-electron chi connectivity index (χ0n) is 17.5. The molecule has 1 spiro atoms. The molecule has 1 saturated carbocycles. The molecule has 8 heteroatoms. The Balaban J connectivity index is 1.35. The Morgan fingerprint density at radius 1 is 1.27 bits per heavy atom. The molecule has 3 aliphatic rings. The fraction of sp³-hybridized carbons (Fsp3) is 0.682. The van der Waals surface area contributed by atoms with Gasteiger partial charge in [-0.2, -0.15) is 13.2 Å². The fourth-order valence-corrected chi connectivity index (χ4v) is 4.88. The second-order valence-electron chi connectivity index (χ2n) is 8.97. The average Bonchev–Trinajstić information content (AvgIpc) is 3.29. The van der Waals surface area contributed by atoms with Gasteiger partial charge >= 0.3 is 12.1 Å². The Labute approximate surface area is 175 Å². The minimum atomic E-state index is -4.83. The number of methoxy groups -OCH3 is 1. The molecule has 4 rings (SSSR count). The van der Waals surface area contributed by atoms with E-state index in [1.807, 2.05) is 31.2 Å². The lowest BCUT2D eigenvalue weighted by atomic mass is 9.86. The molecule has 1 amide bonds. The van der Waals surface area contributed by atoms with E-state index >= 15 is 0 Å². The summed E-state index contributed by atoms with van der Waals surface area (Å²) in [6.07, 6.45) is -2.16. The molecule has 3 fully saturated rings. The number of rotatable bonds is 5. The van der Waals surface area contributed by atoms with Crippen LogP contribution in [0.5, 0.6) is 5.75 Å². The quantitative estimate of drug-likeness (QED) is 0.721. The van der Waals surface area contributed by atoms with Crippen LogP contribution in [-0.4, -0.2) is 66.4 Å². The maximum absolute atomic E-state index is 13.2. The molecule has 0 radical (unpaired) electrons. The van der Waals surface area contributed by atoms with E-state index in [1.165, 1.54) is 5.56 Å². The number of amides is 1. The third-order valence-electron chi connectivity index (χ3n) is 6.82. The van der Waals surface area contributed by atoms with Crippen LogP contribution in [0.15, 0.2) is 24.3 Å². The number of alkyl halides is 3. The summed E-state index contributed by atoms with van der Waals surface area (Å²) in [6, 6.07) is 7.18. The van der Waals surface area contributed by atoms with Crippen LogP contribution in [0.2, 0.25) is 0 Å². The Hall–Kier alpha value is -1.80. The summed E-state index contributed by atoms with van der Waals surface area (Å²) in [7, 11) is 1.64. The van der Waals surface area contributed by atoms with Crippen molar-refractivity contribution in [1.29, 1.82) is 0 Å². The molecule has 2 aliphatic heterocycles. The van der Waals surface area contributed by atoms with E-state index in [9.17, 15) is 18.0 Å². The summed E-state index contributed by atoms with van der Waals surface area (Å²) >= 11 is 0. The Morgan fingerprint density at radius 3 is 2.43 bits per heavy atom. The molecule has 30 heavy (non-hydrogen) atoms. The zero-order valence-corrected chi connectivity index (χ0v) is 17.5. The van der Waals surface area contributed by atoms with Gasteiger partial charge < -0.3 is 14.4 Å². The van der Waals surface area contributed by atoms with Crippen molar-refractivity contribution in [3.8, 4) is 5.75 Å².